The molecule has 0 unspecified atom stereocenters. The lowest BCUT2D eigenvalue weighted by atomic mass is 10.1. The van der Waals surface area contributed by atoms with Gasteiger partial charge in [0.05, 0.1) is 16.0 Å². The minimum absolute atomic E-state index is 0.0529. The summed E-state index contributed by atoms with van der Waals surface area (Å²) in [5.41, 5.74) is 0.249. The maximum Gasteiger partial charge on any atom is 0.416 e. The summed E-state index contributed by atoms with van der Waals surface area (Å²) in [6, 6.07) is 9.85. The van der Waals surface area contributed by atoms with E-state index in [4.69, 9.17) is 14.2 Å². The van der Waals surface area contributed by atoms with Crippen LogP contribution in [0, 0.1) is 0 Å². The normalized spacial score (nSPS) is 11.4. The van der Waals surface area contributed by atoms with Crippen molar-refractivity contribution >= 4 is 32.6 Å². The van der Waals surface area contributed by atoms with Gasteiger partial charge in [0.2, 0.25) is 11.8 Å². The average Bonchev–Trinajstić information content (AvgIpc) is 3.20. The van der Waals surface area contributed by atoms with Gasteiger partial charge in [-0.05, 0) is 30.3 Å². The lowest BCUT2D eigenvalue weighted by Crippen LogP contribution is -2.07. The van der Waals surface area contributed by atoms with Gasteiger partial charge in [0.25, 0.3) is 0 Å². The standard InChI is InChI=1S/C22H17F3N4O4S/c1-12(30)28-21-29-20-16(4-3-5-18(20)34-21)33-19-9-15(26-10-27-19)14-7-6-13(22(23,24)25)8-17(14)32-11-31-2/h3-10H,11H2,1-2H3,(H,28,29,30). The van der Waals surface area contributed by atoms with Crippen LogP contribution in [-0.2, 0) is 15.7 Å². The first-order valence-corrected chi connectivity index (χ1v) is 10.6. The molecule has 0 spiro atoms. The van der Waals surface area contributed by atoms with Crippen LogP contribution in [0.4, 0.5) is 18.3 Å². The number of rotatable bonds is 7. The summed E-state index contributed by atoms with van der Waals surface area (Å²) in [4.78, 5) is 24.0. The van der Waals surface area contributed by atoms with Gasteiger partial charge < -0.3 is 19.5 Å². The van der Waals surface area contributed by atoms with Crippen LogP contribution < -0.4 is 14.8 Å². The number of ether oxygens (including phenoxy) is 3. The van der Waals surface area contributed by atoms with Crippen molar-refractivity contribution in [3.63, 3.8) is 0 Å². The Hall–Kier alpha value is -3.77. The maximum atomic E-state index is 13.2. The highest BCUT2D eigenvalue weighted by Crippen LogP contribution is 2.38. The SMILES string of the molecule is COCOc1cc(C(F)(F)F)ccc1-c1cc(Oc2cccc3sc(NC(C)=O)nc23)ncn1. The third-order valence-corrected chi connectivity index (χ3v) is 5.37. The van der Waals surface area contributed by atoms with Gasteiger partial charge in [-0.2, -0.15) is 13.2 Å². The first-order chi connectivity index (χ1) is 16.2. The van der Waals surface area contributed by atoms with Gasteiger partial charge in [-0.25, -0.2) is 15.0 Å². The molecule has 2 aromatic carbocycles. The Balaban J connectivity index is 1.68. The molecule has 0 aliphatic heterocycles. The van der Waals surface area contributed by atoms with E-state index in [0.29, 0.717) is 22.0 Å². The molecule has 2 aromatic heterocycles. The van der Waals surface area contributed by atoms with Crippen molar-refractivity contribution in [2.75, 3.05) is 19.2 Å². The third kappa shape index (κ3) is 5.24. The number of hydrogen-bond acceptors (Lipinski definition) is 8. The Labute approximate surface area is 195 Å². The number of fused-ring (bicyclic) bond motifs is 1. The van der Waals surface area contributed by atoms with Crippen LogP contribution in [0.15, 0.2) is 48.8 Å². The summed E-state index contributed by atoms with van der Waals surface area (Å²) in [6.45, 7) is 1.14. The summed E-state index contributed by atoms with van der Waals surface area (Å²) in [7, 11) is 1.36. The van der Waals surface area contributed by atoms with Crippen LogP contribution in [0.5, 0.6) is 17.4 Å². The van der Waals surface area contributed by atoms with Crippen molar-refractivity contribution in [1.82, 2.24) is 15.0 Å². The molecule has 8 nitrogen and oxygen atoms in total. The Morgan fingerprint density at radius 1 is 1.12 bits per heavy atom. The largest absolute Gasteiger partial charge is 0.467 e. The number of halogens is 3. The molecule has 12 heteroatoms. The molecule has 34 heavy (non-hydrogen) atoms. The van der Waals surface area contributed by atoms with E-state index in [-0.39, 0.29) is 30.0 Å². The van der Waals surface area contributed by atoms with Crippen LogP contribution in [0.3, 0.4) is 0 Å². The Morgan fingerprint density at radius 2 is 1.94 bits per heavy atom. The van der Waals surface area contributed by atoms with Gasteiger partial charge in [-0.1, -0.05) is 17.4 Å². The fraction of sp³-hybridized carbons (Fsp3) is 0.182. The topological polar surface area (TPSA) is 95.5 Å². The predicted octanol–water partition coefficient (Wildman–Crippen LogP) is 5.51. The quantitative estimate of drug-likeness (QED) is 0.342. The van der Waals surface area contributed by atoms with Gasteiger partial charge in [-0.3, -0.25) is 4.79 Å². The summed E-state index contributed by atoms with van der Waals surface area (Å²) >= 11 is 1.29. The molecule has 1 amide bonds. The number of anilines is 1. The van der Waals surface area contributed by atoms with E-state index in [1.165, 1.54) is 43.8 Å². The lowest BCUT2D eigenvalue weighted by molar-refractivity contribution is -0.137. The molecule has 0 aliphatic rings. The second kappa shape index (κ2) is 9.61. The van der Waals surface area contributed by atoms with E-state index in [1.807, 2.05) is 6.07 Å². The smallest absolute Gasteiger partial charge is 0.416 e. The minimum atomic E-state index is -4.54. The number of amides is 1. The first-order valence-electron chi connectivity index (χ1n) is 9.75. The number of para-hydroxylation sites is 1. The zero-order chi connectivity index (χ0) is 24.3. The number of carbonyl (C=O) groups is 1. The minimum Gasteiger partial charge on any atom is -0.467 e. The lowest BCUT2D eigenvalue weighted by Gasteiger charge is -2.14. The number of aromatic nitrogens is 3. The maximum absolute atomic E-state index is 13.2. The molecule has 4 aromatic rings. The summed E-state index contributed by atoms with van der Waals surface area (Å²) in [5.74, 6) is 0.232. The van der Waals surface area contributed by atoms with Gasteiger partial charge in [-0.15, -0.1) is 0 Å². The van der Waals surface area contributed by atoms with Crippen molar-refractivity contribution < 1.29 is 32.2 Å². The molecule has 176 valence electrons. The third-order valence-electron chi connectivity index (χ3n) is 4.44. The highest BCUT2D eigenvalue weighted by atomic mass is 32.1. The molecular formula is C22H17F3N4O4S. The molecule has 2 heterocycles. The number of alkyl halides is 3. The van der Waals surface area contributed by atoms with Gasteiger partial charge in [0.1, 0.15) is 17.6 Å². The molecule has 0 radical (unpaired) electrons. The monoisotopic (exact) mass is 490 g/mol. The molecule has 0 bridgehead atoms. The van der Waals surface area contributed by atoms with Gasteiger partial charge in [0, 0.05) is 25.7 Å². The molecule has 1 N–H and O–H groups in total. The number of methoxy groups -OCH3 is 1. The molecule has 0 aliphatic carbocycles. The van der Waals surface area contributed by atoms with E-state index in [2.05, 4.69) is 20.3 Å². The van der Waals surface area contributed by atoms with E-state index >= 15 is 0 Å². The van der Waals surface area contributed by atoms with E-state index in [1.54, 1.807) is 12.1 Å². The summed E-state index contributed by atoms with van der Waals surface area (Å²) in [6.07, 6.45) is -3.31. The average molecular weight is 490 g/mol. The molecule has 0 fully saturated rings. The second-order valence-corrected chi connectivity index (χ2v) is 7.94. The van der Waals surface area contributed by atoms with E-state index in [9.17, 15) is 18.0 Å². The van der Waals surface area contributed by atoms with Crippen LogP contribution in [0.1, 0.15) is 12.5 Å². The van der Waals surface area contributed by atoms with Crippen LogP contribution in [0.2, 0.25) is 0 Å². The number of nitrogens with zero attached hydrogens (tertiary/aromatic N) is 3. The highest BCUT2D eigenvalue weighted by Gasteiger charge is 2.31. The fourth-order valence-electron chi connectivity index (χ4n) is 3.02. The van der Waals surface area contributed by atoms with Crippen LogP contribution in [-0.4, -0.2) is 34.8 Å². The van der Waals surface area contributed by atoms with Crippen LogP contribution >= 0.6 is 11.3 Å². The number of benzene rings is 2. The molecule has 0 atom stereocenters. The summed E-state index contributed by atoms with van der Waals surface area (Å²) in [5, 5.41) is 3.06. The van der Waals surface area contributed by atoms with Crippen molar-refractivity contribution in [2.45, 2.75) is 13.1 Å². The Bertz CT molecular complexity index is 1340. The highest BCUT2D eigenvalue weighted by molar-refractivity contribution is 7.22. The molecule has 0 saturated heterocycles. The zero-order valence-corrected chi connectivity index (χ0v) is 18.7. The van der Waals surface area contributed by atoms with Gasteiger partial charge >= 0.3 is 6.18 Å². The van der Waals surface area contributed by atoms with Gasteiger partial charge in [0.15, 0.2) is 17.7 Å². The van der Waals surface area contributed by atoms with Crippen molar-refractivity contribution in [3.8, 4) is 28.6 Å². The molecule has 4 rings (SSSR count). The second-order valence-electron chi connectivity index (χ2n) is 6.91. The number of thiazole rings is 1. The number of nitrogens with one attached hydrogen (secondary N) is 1. The Morgan fingerprint density at radius 3 is 2.68 bits per heavy atom. The zero-order valence-electron chi connectivity index (χ0n) is 17.8. The molecular weight excluding hydrogens is 473 g/mol. The van der Waals surface area contributed by atoms with Crippen molar-refractivity contribution in [3.05, 3.63) is 54.4 Å². The first kappa shape index (κ1) is 23.4. The van der Waals surface area contributed by atoms with Crippen molar-refractivity contribution in [2.24, 2.45) is 0 Å². The molecule has 0 saturated carbocycles. The predicted molar refractivity (Wildman–Crippen MR) is 119 cm³/mol. The van der Waals surface area contributed by atoms with E-state index in [0.717, 1.165) is 16.8 Å². The summed E-state index contributed by atoms with van der Waals surface area (Å²) < 4.78 is 56.4. The number of hydrogen-bond donors (Lipinski definition) is 1. The Kier molecular flexibility index (Phi) is 6.61. The number of carbonyl (C=O) groups excluding carboxylic acids is 1. The van der Waals surface area contributed by atoms with E-state index < -0.39 is 11.7 Å². The van der Waals surface area contributed by atoms with Crippen molar-refractivity contribution in [1.29, 1.82) is 0 Å². The fourth-order valence-corrected chi connectivity index (χ4v) is 3.95. The van der Waals surface area contributed by atoms with Crippen LogP contribution in [0.25, 0.3) is 21.5 Å².